The van der Waals surface area contributed by atoms with E-state index in [4.69, 9.17) is 9.47 Å². The first-order valence-corrected chi connectivity index (χ1v) is 7.56. The Morgan fingerprint density at radius 1 is 1.36 bits per heavy atom. The minimum atomic E-state index is 0.0344. The highest BCUT2D eigenvalue weighted by atomic mass is 16.5. The van der Waals surface area contributed by atoms with Crippen LogP contribution in [0.3, 0.4) is 0 Å². The van der Waals surface area contributed by atoms with Gasteiger partial charge in [0.15, 0.2) is 0 Å². The third-order valence-electron chi connectivity index (χ3n) is 4.04. The van der Waals surface area contributed by atoms with Crippen LogP contribution in [-0.4, -0.2) is 74.2 Å². The summed E-state index contributed by atoms with van der Waals surface area (Å²) in [5, 5.41) is 0. The third kappa shape index (κ3) is 3.96. The van der Waals surface area contributed by atoms with Gasteiger partial charge in [0.1, 0.15) is 6.61 Å². The monoisotopic (exact) mass is 307 g/mol. The van der Waals surface area contributed by atoms with Crippen LogP contribution in [0.1, 0.15) is 17.3 Å². The second kappa shape index (κ2) is 7.56. The second-order valence-corrected chi connectivity index (χ2v) is 5.94. The summed E-state index contributed by atoms with van der Waals surface area (Å²) in [6.45, 7) is 4.70. The van der Waals surface area contributed by atoms with Gasteiger partial charge in [-0.3, -0.25) is 4.79 Å². The molecule has 0 aliphatic carbocycles. The van der Waals surface area contributed by atoms with Crippen LogP contribution < -0.4 is 4.74 Å². The Morgan fingerprint density at radius 2 is 2.14 bits per heavy atom. The molecule has 0 bridgehead atoms. The van der Waals surface area contributed by atoms with Crippen molar-refractivity contribution in [2.75, 3.05) is 47.5 Å². The fraction of sp³-hybridized carbons (Fsp3) is 0.625. The number of amides is 1. The van der Waals surface area contributed by atoms with E-state index in [2.05, 4.69) is 30.9 Å². The molecule has 0 saturated carbocycles. The highest BCUT2D eigenvalue weighted by molar-refractivity contribution is 5.94. The van der Waals surface area contributed by atoms with Crippen molar-refractivity contribution in [2.24, 2.45) is 5.92 Å². The normalized spacial score (nSPS) is 21.4. The van der Waals surface area contributed by atoms with Crippen molar-refractivity contribution < 1.29 is 14.3 Å². The minimum absolute atomic E-state index is 0.0344. The minimum Gasteiger partial charge on any atom is -0.475 e. The smallest absolute Gasteiger partial charge is 0.255 e. The van der Waals surface area contributed by atoms with Gasteiger partial charge in [0.05, 0.1) is 12.2 Å². The van der Waals surface area contributed by atoms with Crippen molar-refractivity contribution in [1.82, 2.24) is 14.8 Å². The quantitative estimate of drug-likeness (QED) is 0.738. The van der Waals surface area contributed by atoms with Crippen LogP contribution in [0.15, 0.2) is 18.3 Å². The maximum atomic E-state index is 12.5. The van der Waals surface area contributed by atoms with Crippen LogP contribution in [0.25, 0.3) is 0 Å². The fourth-order valence-electron chi connectivity index (χ4n) is 2.79. The number of methoxy groups -OCH3 is 1. The zero-order chi connectivity index (χ0) is 16.1. The topological polar surface area (TPSA) is 54.9 Å². The number of carbonyl (C=O) groups excluding carboxylic acids is 1. The number of aromatic nitrogens is 1. The number of hydrogen-bond acceptors (Lipinski definition) is 5. The molecule has 22 heavy (non-hydrogen) atoms. The first-order chi connectivity index (χ1) is 10.5. The second-order valence-electron chi connectivity index (χ2n) is 5.94. The van der Waals surface area contributed by atoms with Gasteiger partial charge in [0.25, 0.3) is 5.91 Å². The molecule has 0 radical (unpaired) electrons. The number of likely N-dealkylation sites (N-methyl/N-ethyl adjacent to an activating group) is 1. The van der Waals surface area contributed by atoms with Gasteiger partial charge in [-0.25, -0.2) is 4.98 Å². The van der Waals surface area contributed by atoms with Crippen LogP contribution in [-0.2, 0) is 4.74 Å². The maximum absolute atomic E-state index is 12.5. The van der Waals surface area contributed by atoms with Gasteiger partial charge in [0.2, 0.25) is 5.88 Å². The molecule has 6 heteroatoms. The lowest BCUT2D eigenvalue weighted by Crippen LogP contribution is -2.35. The molecule has 1 aromatic rings. The van der Waals surface area contributed by atoms with Crippen LogP contribution >= 0.6 is 0 Å². The van der Waals surface area contributed by atoms with Gasteiger partial charge >= 0.3 is 0 Å². The molecule has 2 atom stereocenters. The first kappa shape index (κ1) is 16.7. The van der Waals surface area contributed by atoms with E-state index in [0.29, 0.717) is 36.6 Å². The van der Waals surface area contributed by atoms with Gasteiger partial charge in [-0.1, -0.05) is 6.92 Å². The van der Waals surface area contributed by atoms with Crippen molar-refractivity contribution in [2.45, 2.75) is 13.0 Å². The highest BCUT2D eigenvalue weighted by Gasteiger charge is 2.33. The average molecular weight is 307 g/mol. The molecule has 1 aliphatic heterocycles. The molecule has 6 nitrogen and oxygen atoms in total. The van der Waals surface area contributed by atoms with E-state index in [0.717, 1.165) is 13.1 Å². The summed E-state index contributed by atoms with van der Waals surface area (Å²) < 4.78 is 10.3. The van der Waals surface area contributed by atoms with Gasteiger partial charge in [-0.05, 0) is 26.1 Å². The molecule has 1 aromatic heterocycles. The summed E-state index contributed by atoms with van der Waals surface area (Å²) in [5.41, 5.74) is 0.602. The maximum Gasteiger partial charge on any atom is 0.255 e. The summed E-state index contributed by atoms with van der Waals surface area (Å²) in [5.74, 6) is 1.02. The summed E-state index contributed by atoms with van der Waals surface area (Å²) in [7, 11) is 5.74. The molecule has 122 valence electrons. The van der Waals surface area contributed by atoms with Gasteiger partial charge < -0.3 is 19.3 Å². The number of rotatable bonds is 6. The molecular formula is C16H25N3O3. The van der Waals surface area contributed by atoms with Crippen molar-refractivity contribution >= 4 is 5.91 Å². The number of ether oxygens (including phenoxy) is 2. The van der Waals surface area contributed by atoms with E-state index in [9.17, 15) is 4.79 Å². The molecule has 2 rings (SSSR count). The molecule has 2 heterocycles. The number of pyridine rings is 1. The van der Waals surface area contributed by atoms with E-state index in [1.54, 1.807) is 25.4 Å². The number of hydrogen-bond donors (Lipinski definition) is 0. The molecular weight excluding hydrogens is 282 g/mol. The molecule has 0 N–H and O–H groups in total. The van der Waals surface area contributed by atoms with E-state index in [1.165, 1.54) is 0 Å². The molecule has 0 aromatic carbocycles. The van der Waals surface area contributed by atoms with Crippen molar-refractivity contribution in [3.8, 4) is 5.88 Å². The van der Waals surface area contributed by atoms with Crippen molar-refractivity contribution in [3.05, 3.63) is 23.9 Å². The van der Waals surface area contributed by atoms with Gasteiger partial charge in [0, 0.05) is 38.5 Å². The summed E-state index contributed by atoms with van der Waals surface area (Å²) in [6, 6.07) is 3.91. The Labute approximate surface area is 132 Å². The van der Waals surface area contributed by atoms with E-state index < -0.39 is 0 Å². The lowest BCUT2D eigenvalue weighted by atomic mass is 10.1. The predicted molar refractivity (Wildman–Crippen MR) is 84.2 cm³/mol. The molecule has 1 amide bonds. The summed E-state index contributed by atoms with van der Waals surface area (Å²) in [4.78, 5) is 20.8. The van der Waals surface area contributed by atoms with Crippen LogP contribution in [0.2, 0.25) is 0 Å². The van der Waals surface area contributed by atoms with E-state index in [-0.39, 0.29) is 5.91 Å². The van der Waals surface area contributed by atoms with Crippen LogP contribution in [0.5, 0.6) is 5.88 Å². The standard InChI is InChI=1S/C16H25N3O3/c1-12-10-19(11-14(12)18(2)3)16(20)13-5-6-15(17-9-13)22-8-7-21-4/h5-6,9,12,14H,7-8,10-11H2,1-4H3/t12-,14-/m1/s1. The van der Waals surface area contributed by atoms with Crippen LogP contribution in [0.4, 0.5) is 0 Å². The molecule has 0 unspecified atom stereocenters. The van der Waals surface area contributed by atoms with Crippen LogP contribution in [0, 0.1) is 5.92 Å². The summed E-state index contributed by atoms with van der Waals surface area (Å²) in [6.07, 6.45) is 1.58. The van der Waals surface area contributed by atoms with E-state index >= 15 is 0 Å². The zero-order valence-corrected chi connectivity index (χ0v) is 13.8. The Balaban J connectivity index is 1.95. The summed E-state index contributed by atoms with van der Waals surface area (Å²) >= 11 is 0. The largest absolute Gasteiger partial charge is 0.475 e. The fourth-order valence-corrected chi connectivity index (χ4v) is 2.79. The Kier molecular flexibility index (Phi) is 5.74. The third-order valence-corrected chi connectivity index (χ3v) is 4.04. The van der Waals surface area contributed by atoms with Gasteiger partial charge in [-0.2, -0.15) is 0 Å². The Morgan fingerprint density at radius 3 is 2.68 bits per heavy atom. The van der Waals surface area contributed by atoms with Crippen molar-refractivity contribution in [3.63, 3.8) is 0 Å². The molecule has 0 spiro atoms. The van der Waals surface area contributed by atoms with Gasteiger partial charge in [-0.15, -0.1) is 0 Å². The zero-order valence-electron chi connectivity index (χ0n) is 13.8. The number of likely N-dealkylation sites (tertiary alicyclic amines) is 1. The lowest BCUT2D eigenvalue weighted by molar-refractivity contribution is 0.0781. The van der Waals surface area contributed by atoms with E-state index in [1.807, 2.05) is 4.90 Å². The Bertz CT molecular complexity index is 490. The first-order valence-electron chi connectivity index (χ1n) is 7.56. The highest BCUT2D eigenvalue weighted by Crippen LogP contribution is 2.22. The Hall–Kier alpha value is -1.66. The molecule has 1 aliphatic rings. The SMILES string of the molecule is COCCOc1ccc(C(=O)N2C[C@@H](C)[C@H](N(C)C)C2)cn1. The molecule has 1 saturated heterocycles. The lowest BCUT2D eigenvalue weighted by Gasteiger charge is -2.22. The number of nitrogens with zero attached hydrogens (tertiary/aromatic N) is 3. The average Bonchev–Trinajstić information content (AvgIpc) is 2.90. The van der Waals surface area contributed by atoms with Crippen molar-refractivity contribution in [1.29, 1.82) is 0 Å². The molecule has 1 fully saturated rings. The predicted octanol–water partition coefficient (Wildman–Crippen LogP) is 1.13. The number of carbonyl (C=O) groups is 1.